The average Bonchev–Trinajstić information content (AvgIpc) is 2.36. The summed E-state index contributed by atoms with van der Waals surface area (Å²) in [5, 5.41) is 0. The third kappa shape index (κ3) is 5.40. The molecule has 4 nitrogen and oxygen atoms in total. The summed E-state index contributed by atoms with van der Waals surface area (Å²) >= 11 is 0. The molecule has 1 aromatic carbocycles. The third-order valence-corrected chi connectivity index (χ3v) is 4.11. The molecule has 20 heavy (non-hydrogen) atoms. The van der Waals surface area contributed by atoms with Gasteiger partial charge in [0.15, 0.2) is 0 Å². The second kappa shape index (κ2) is 8.62. The van der Waals surface area contributed by atoms with Crippen molar-refractivity contribution in [1.82, 2.24) is 4.90 Å². The van der Waals surface area contributed by atoms with Crippen molar-refractivity contribution >= 4 is 22.5 Å². The first-order valence-electron chi connectivity index (χ1n) is 6.72. The van der Waals surface area contributed by atoms with Crippen molar-refractivity contribution in [2.45, 2.75) is 45.1 Å². The molecule has 0 saturated carbocycles. The minimum absolute atomic E-state index is 0. The summed E-state index contributed by atoms with van der Waals surface area (Å²) in [6.07, 6.45) is 1.72. The van der Waals surface area contributed by atoms with Gasteiger partial charge in [0, 0.05) is 6.54 Å². The van der Waals surface area contributed by atoms with Crippen LogP contribution in [0.4, 0.5) is 0 Å². The lowest BCUT2D eigenvalue weighted by Gasteiger charge is -2.21. The summed E-state index contributed by atoms with van der Waals surface area (Å²) in [5.74, 6) is 0. The zero-order valence-electron chi connectivity index (χ0n) is 12.3. The number of benzene rings is 1. The normalized spacial score (nSPS) is 11.4. The van der Waals surface area contributed by atoms with E-state index in [0.717, 1.165) is 43.6 Å². The van der Waals surface area contributed by atoms with E-state index in [0.29, 0.717) is 0 Å². The Balaban J connectivity index is 0.00000361. The van der Waals surface area contributed by atoms with Crippen LogP contribution in [-0.2, 0) is 23.1 Å². The van der Waals surface area contributed by atoms with E-state index in [4.69, 9.17) is 0 Å². The van der Waals surface area contributed by atoms with Gasteiger partial charge in [-0.2, -0.15) is 0 Å². The van der Waals surface area contributed by atoms with Gasteiger partial charge in [-0.1, -0.05) is 33.3 Å². The largest absolute Gasteiger partial charge is 0.744 e. The Morgan fingerprint density at radius 1 is 1.10 bits per heavy atom. The molecule has 0 atom stereocenters. The van der Waals surface area contributed by atoms with E-state index in [9.17, 15) is 13.0 Å². The van der Waals surface area contributed by atoms with Gasteiger partial charge in [0.1, 0.15) is 10.1 Å². The summed E-state index contributed by atoms with van der Waals surface area (Å²) < 4.78 is 33.2. The Morgan fingerprint density at radius 3 is 2.15 bits per heavy atom. The summed E-state index contributed by atoms with van der Waals surface area (Å²) in [7, 11) is -4.36. The van der Waals surface area contributed by atoms with Crippen LogP contribution in [0.5, 0.6) is 0 Å². The minimum atomic E-state index is -4.36. The number of rotatable bonds is 7. The van der Waals surface area contributed by atoms with E-state index in [-0.39, 0.29) is 17.3 Å². The SMILES string of the molecule is CCCc1cc(S(=O)(=O)[O-])ccc1CN(CC)CC.Cl. The van der Waals surface area contributed by atoms with Crippen LogP contribution in [0.15, 0.2) is 23.1 Å². The molecule has 0 radical (unpaired) electrons. The standard InChI is InChI=1S/C14H23NO3S.ClH/c1-4-7-12-10-14(19(16,17)18)9-8-13(12)11-15(5-2)6-3;/h8-10H,4-7,11H2,1-3H3,(H,16,17,18);1H/p-1. The number of aryl methyl sites for hydroxylation is 1. The van der Waals surface area contributed by atoms with E-state index < -0.39 is 10.1 Å². The molecule has 116 valence electrons. The van der Waals surface area contributed by atoms with E-state index in [1.165, 1.54) is 12.1 Å². The summed E-state index contributed by atoms with van der Waals surface area (Å²) in [6.45, 7) is 8.92. The minimum Gasteiger partial charge on any atom is -0.744 e. The van der Waals surface area contributed by atoms with Crippen molar-refractivity contribution in [2.75, 3.05) is 13.1 Å². The van der Waals surface area contributed by atoms with E-state index in [2.05, 4.69) is 18.7 Å². The first-order valence-corrected chi connectivity index (χ1v) is 8.13. The summed E-state index contributed by atoms with van der Waals surface area (Å²) in [5.41, 5.74) is 2.07. The van der Waals surface area contributed by atoms with Crippen LogP contribution in [0.2, 0.25) is 0 Å². The smallest absolute Gasteiger partial charge is 0.124 e. The van der Waals surface area contributed by atoms with E-state index in [1.54, 1.807) is 6.07 Å². The quantitative estimate of drug-likeness (QED) is 0.725. The molecule has 0 heterocycles. The monoisotopic (exact) mass is 320 g/mol. The maximum Gasteiger partial charge on any atom is 0.124 e. The van der Waals surface area contributed by atoms with Gasteiger partial charge in [0.2, 0.25) is 0 Å². The first-order chi connectivity index (χ1) is 8.92. The highest BCUT2D eigenvalue weighted by atomic mass is 35.5. The molecule has 1 rings (SSSR count). The van der Waals surface area contributed by atoms with Crippen LogP contribution in [0.25, 0.3) is 0 Å². The molecule has 0 saturated heterocycles. The van der Waals surface area contributed by atoms with Gasteiger partial charge in [-0.05, 0) is 42.8 Å². The van der Waals surface area contributed by atoms with Gasteiger partial charge in [-0.3, -0.25) is 4.90 Å². The van der Waals surface area contributed by atoms with Gasteiger partial charge in [-0.25, -0.2) is 8.42 Å². The molecule has 0 fully saturated rings. The van der Waals surface area contributed by atoms with Crippen molar-refractivity contribution in [3.8, 4) is 0 Å². The molecule has 0 aliphatic rings. The molecular formula is C14H23ClNO3S-. The second-order valence-electron chi connectivity index (χ2n) is 4.60. The van der Waals surface area contributed by atoms with Crippen molar-refractivity contribution in [3.05, 3.63) is 29.3 Å². The van der Waals surface area contributed by atoms with Crippen molar-refractivity contribution in [3.63, 3.8) is 0 Å². The highest BCUT2D eigenvalue weighted by molar-refractivity contribution is 7.85. The fourth-order valence-electron chi connectivity index (χ4n) is 2.10. The fraction of sp³-hybridized carbons (Fsp3) is 0.571. The third-order valence-electron chi connectivity index (χ3n) is 3.27. The molecule has 0 bridgehead atoms. The zero-order chi connectivity index (χ0) is 14.5. The lowest BCUT2D eigenvalue weighted by Crippen LogP contribution is -2.23. The maximum atomic E-state index is 11.1. The molecule has 0 aromatic heterocycles. The Kier molecular flexibility index (Phi) is 8.35. The zero-order valence-corrected chi connectivity index (χ0v) is 13.9. The molecular weight excluding hydrogens is 298 g/mol. The van der Waals surface area contributed by atoms with Crippen LogP contribution in [0, 0.1) is 0 Å². The van der Waals surface area contributed by atoms with Crippen LogP contribution >= 0.6 is 12.4 Å². The highest BCUT2D eigenvalue weighted by Gasteiger charge is 2.09. The second-order valence-corrected chi connectivity index (χ2v) is 5.98. The average molecular weight is 321 g/mol. The molecule has 6 heteroatoms. The molecule has 0 N–H and O–H groups in total. The number of hydrogen-bond donors (Lipinski definition) is 0. The van der Waals surface area contributed by atoms with Gasteiger partial charge in [0.05, 0.1) is 4.90 Å². The summed E-state index contributed by atoms with van der Waals surface area (Å²) in [6, 6.07) is 4.72. The van der Waals surface area contributed by atoms with E-state index in [1.807, 2.05) is 6.92 Å². The van der Waals surface area contributed by atoms with Gasteiger partial charge in [-0.15, -0.1) is 12.4 Å². The molecule has 0 aliphatic carbocycles. The van der Waals surface area contributed by atoms with Gasteiger partial charge >= 0.3 is 0 Å². The molecule has 0 amide bonds. The molecule has 1 aromatic rings. The van der Waals surface area contributed by atoms with Crippen LogP contribution in [-0.4, -0.2) is 31.0 Å². The lowest BCUT2D eigenvalue weighted by molar-refractivity contribution is 0.295. The fourth-order valence-corrected chi connectivity index (χ4v) is 2.62. The number of halogens is 1. The van der Waals surface area contributed by atoms with Crippen molar-refractivity contribution in [2.24, 2.45) is 0 Å². The number of nitrogens with zero attached hydrogens (tertiary/aromatic N) is 1. The van der Waals surface area contributed by atoms with Crippen LogP contribution in [0.3, 0.4) is 0 Å². The molecule has 0 unspecified atom stereocenters. The molecule has 0 aliphatic heterocycles. The Bertz CT molecular complexity index is 513. The van der Waals surface area contributed by atoms with Crippen molar-refractivity contribution < 1.29 is 13.0 Å². The highest BCUT2D eigenvalue weighted by Crippen LogP contribution is 2.19. The van der Waals surface area contributed by atoms with Gasteiger partial charge in [0.25, 0.3) is 0 Å². The predicted molar refractivity (Wildman–Crippen MR) is 82.3 cm³/mol. The predicted octanol–water partition coefficient (Wildman–Crippen LogP) is 2.81. The Morgan fingerprint density at radius 2 is 1.70 bits per heavy atom. The van der Waals surface area contributed by atoms with Crippen molar-refractivity contribution in [1.29, 1.82) is 0 Å². The summed E-state index contributed by atoms with van der Waals surface area (Å²) in [4.78, 5) is 2.14. The maximum absolute atomic E-state index is 11.1. The number of hydrogen-bond acceptors (Lipinski definition) is 4. The van der Waals surface area contributed by atoms with E-state index >= 15 is 0 Å². The Hall–Kier alpha value is -0.620. The van der Waals surface area contributed by atoms with Crippen LogP contribution in [0.1, 0.15) is 38.3 Å². The van der Waals surface area contributed by atoms with Crippen LogP contribution < -0.4 is 0 Å². The lowest BCUT2D eigenvalue weighted by atomic mass is 10.0. The molecule has 0 spiro atoms. The first kappa shape index (κ1) is 19.4. The Labute approximate surface area is 128 Å². The topological polar surface area (TPSA) is 60.4 Å². The van der Waals surface area contributed by atoms with Gasteiger partial charge < -0.3 is 4.55 Å².